The zero-order valence-electron chi connectivity index (χ0n) is 18.5. The van der Waals surface area contributed by atoms with Crippen LogP contribution in [0.25, 0.3) is 6.08 Å². The molecule has 0 bridgehead atoms. The van der Waals surface area contributed by atoms with Gasteiger partial charge in [0.1, 0.15) is 0 Å². The third kappa shape index (κ3) is 6.07. The van der Waals surface area contributed by atoms with Crippen LogP contribution in [0, 0.1) is 20.8 Å². The highest BCUT2D eigenvalue weighted by atomic mass is 79.9. The smallest absolute Gasteiger partial charge is 0.340 e. The Bertz CT molecular complexity index is 1020. The lowest BCUT2D eigenvalue weighted by Crippen LogP contribution is -2.31. The third-order valence-electron chi connectivity index (χ3n) is 4.91. The summed E-state index contributed by atoms with van der Waals surface area (Å²) in [5.74, 6) is -1.18. The number of nitrogens with zero attached hydrogens (tertiary/aromatic N) is 1. The molecule has 0 saturated heterocycles. The molecular weight excluding hydrogens is 462 g/mol. The molecule has 0 aliphatic rings. The zero-order valence-corrected chi connectivity index (χ0v) is 20.1. The number of aryl methyl sites for hydroxylation is 1. The van der Waals surface area contributed by atoms with Gasteiger partial charge in [-0.3, -0.25) is 9.59 Å². The number of carbonyl (C=O) groups is 3. The quantitative estimate of drug-likeness (QED) is 0.430. The molecule has 2 N–H and O–H groups in total. The Kier molecular flexibility index (Phi) is 8.62. The van der Waals surface area contributed by atoms with Crippen LogP contribution in [0.1, 0.15) is 46.7 Å². The van der Waals surface area contributed by atoms with Crippen LogP contribution in [0.5, 0.6) is 0 Å². The number of halogens is 1. The normalized spacial score (nSPS) is 10.9. The summed E-state index contributed by atoms with van der Waals surface area (Å²) in [6.45, 7) is 10.2. The number of carbonyl (C=O) groups excluding carboxylic acids is 3. The first kappa shape index (κ1) is 24.4. The lowest BCUT2D eigenvalue weighted by Gasteiger charge is -2.09. The molecule has 0 radical (unpaired) electrons. The molecule has 7 nitrogen and oxygen atoms in total. The predicted molar refractivity (Wildman–Crippen MR) is 125 cm³/mol. The Balaban J connectivity index is 2.07. The van der Waals surface area contributed by atoms with E-state index < -0.39 is 11.9 Å². The van der Waals surface area contributed by atoms with Crippen molar-refractivity contribution in [3.8, 4) is 0 Å². The van der Waals surface area contributed by atoms with Crippen LogP contribution in [-0.4, -0.2) is 35.5 Å². The highest BCUT2D eigenvalue weighted by Gasteiger charge is 2.22. The maximum absolute atomic E-state index is 12.4. The monoisotopic (exact) mass is 489 g/mol. The van der Waals surface area contributed by atoms with Gasteiger partial charge in [0.25, 0.3) is 0 Å². The van der Waals surface area contributed by atoms with E-state index >= 15 is 0 Å². The fraction of sp³-hybridized carbons (Fsp3) is 0.348. The van der Waals surface area contributed by atoms with E-state index in [1.165, 1.54) is 6.08 Å². The molecule has 0 aliphatic heterocycles. The molecule has 0 aliphatic carbocycles. The third-order valence-corrected chi connectivity index (χ3v) is 5.41. The van der Waals surface area contributed by atoms with Gasteiger partial charge in [0.05, 0.1) is 18.7 Å². The van der Waals surface area contributed by atoms with Crippen molar-refractivity contribution in [2.45, 2.75) is 41.2 Å². The molecule has 0 atom stereocenters. The minimum Gasteiger partial charge on any atom is -0.462 e. The Morgan fingerprint density at radius 1 is 1.13 bits per heavy atom. The molecule has 2 rings (SSSR count). The molecule has 2 aromatic rings. The number of nitrogens with one attached hydrogen (secondary N) is 2. The van der Waals surface area contributed by atoms with Gasteiger partial charge in [0, 0.05) is 39.7 Å². The van der Waals surface area contributed by atoms with Crippen molar-refractivity contribution in [2.24, 2.45) is 0 Å². The molecule has 2 amide bonds. The SMILES string of the molecule is CCOC(=O)c1c(/C=C/C(=O)NCC(=O)Nc2ccc(Br)cc2C)c(C)n(CC)c1C. The topological polar surface area (TPSA) is 89.4 Å². The molecule has 8 heteroatoms. The second kappa shape index (κ2) is 10.9. The van der Waals surface area contributed by atoms with E-state index in [1.54, 1.807) is 19.1 Å². The van der Waals surface area contributed by atoms with Crippen molar-refractivity contribution in [1.82, 2.24) is 9.88 Å². The summed E-state index contributed by atoms with van der Waals surface area (Å²) in [6.07, 6.45) is 2.91. The Hall–Kier alpha value is -2.87. The Morgan fingerprint density at radius 3 is 2.45 bits per heavy atom. The van der Waals surface area contributed by atoms with Crippen LogP contribution in [0.3, 0.4) is 0 Å². The van der Waals surface area contributed by atoms with Gasteiger partial charge in [-0.05, 0) is 64.5 Å². The Labute approximate surface area is 191 Å². The van der Waals surface area contributed by atoms with E-state index in [-0.39, 0.29) is 19.1 Å². The van der Waals surface area contributed by atoms with Gasteiger partial charge in [0.2, 0.25) is 11.8 Å². The summed E-state index contributed by atoms with van der Waals surface area (Å²) in [4.78, 5) is 36.8. The van der Waals surface area contributed by atoms with E-state index in [0.29, 0.717) is 23.4 Å². The maximum Gasteiger partial charge on any atom is 0.340 e. The second-order valence-corrected chi connectivity index (χ2v) is 7.90. The van der Waals surface area contributed by atoms with Gasteiger partial charge in [-0.2, -0.15) is 0 Å². The summed E-state index contributed by atoms with van der Waals surface area (Å²) >= 11 is 3.38. The van der Waals surface area contributed by atoms with Crippen LogP contribution in [0.15, 0.2) is 28.7 Å². The van der Waals surface area contributed by atoms with Crippen LogP contribution in [0.2, 0.25) is 0 Å². The molecule has 0 saturated carbocycles. The second-order valence-electron chi connectivity index (χ2n) is 6.98. The minimum absolute atomic E-state index is 0.169. The van der Waals surface area contributed by atoms with Crippen LogP contribution < -0.4 is 10.6 Å². The van der Waals surface area contributed by atoms with Crippen molar-refractivity contribution in [3.05, 3.63) is 56.8 Å². The largest absolute Gasteiger partial charge is 0.462 e. The molecule has 1 heterocycles. The maximum atomic E-state index is 12.4. The lowest BCUT2D eigenvalue weighted by molar-refractivity contribution is -0.121. The molecule has 166 valence electrons. The molecular formula is C23H28BrN3O4. The highest BCUT2D eigenvalue weighted by Crippen LogP contribution is 2.25. The number of hydrogen-bond donors (Lipinski definition) is 2. The van der Waals surface area contributed by atoms with Crippen molar-refractivity contribution in [2.75, 3.05) is 18.5 Å². The fourth-order valence-electron chi connectivity index (χ4n) is 3.39. The first-order chi connectivity index (χ1) is 14.7. The van der Waals surface area contributed by atoms with E-state index in [0.717, 1.165) is 21.4 Å². The average Bonchev–Trinajstić information content (AvgIpc) is 2.96. The van der Waals surface area contributed by atoms with Crippen molar-refractivity contribution in [3.63, 3.8) is 0 Å². The van der Waals surface area contributed by atoms with Crippen LogP contribution in [-0.2, 0) is 20.9 Å². The van der Waals surface area contributed by atoms with E-state index in [9.17, 15) is 14.4 Å². The van der Waals surface area contributed by atoms with Crippen molar-refractivity contribution >= 4 is 45.5 Å². The fourth-order valence-corrected chi connectivity index (χ4v) is 3.87. The van der Waals surface area contributed by atoms with Gasteiger partial charge >= 0.3 is 5.97 Å². The zero-order chi connectivity index (χ0) is 23.1. The number of benzene rings is 1. The van der Waals surface area contributed by atoms with Crippen molar-refractivity contribution in [1.29, 1.82) is 0 Å². The predicted octanol–water partition coefficient (Wildman–Crippen LogP) is 4.14. The van der Waals surface area contributed by atoms with Gasteiger partial charge in [-0.25, -0.2) is 4.79 Å². The number of rotatable bonds is 8. The number of aromatic nitrogens is 1. The summed E-state index contributed by atoms with van der Waals surface area (Å²) in [7, 11) is 0. The summed E-state index contributed by atoms with van der Waals surface area (Å²) in [5, 5.41) is 5.33. The number of amides is 2. The van der Waals surface area contributed by atoms with Gasteiger partial charge in [0.15, 0.2) is 0 Å². The standard InChI is InChI=1S/C23H28BrN3O4/c1-6-27-15(4)18(22(16(27)5)23(30)31-7-2)9-11-20(28)25-13-21(29)26-19-10-8-17(24)12-14(19)3/h8-12H,6-7,13H2,1-5H3,(H,25,28)(H,26,29)/b11-9+. The van der Waals surface area contributed by atoms with Crippen LogP contribution in [0.4, 0.5) is 5.69 Å². The van der Waals surface area contributed by atoms with Gasteiger partial charge in [-0.15, -0.1) is 0 Å². The molecule has 0 unspecified atom stereocenters. The summed E-state index contributed by atoms with van der Waals surface area (Å²) < 4.78 is 8.10. The number of hydrogen-bond acceptors (Lipinski definition) is 4. The van der Waals surface area contributed by atoms with Crippen LogP contribution >= 0.6 is 15.9 Å². The van der Waals surface area contributed by atoms with Gasteiger partial charge in [-0.1, -0.05) is 15.9 Å². The molecule has 31 heavy (non-hydrogen) atoms. The highest BCUT2D eigenvalue weighted by molar-refractivity contribution is 9.10. The first-order valence-electron chi connectivity index (χ1n) is 10.1. The van der Waals surface area contributed by atoms with E-state index in [2.05, 4.69) is 26.6 Å². The Morgan fingerprint density at radius 2 is 1.84 bits per heavy atom. The number of esters is 1. The van der Waals surface area contributed by atoms with Gasteiger partial charge < -0.3 is 19.9 Å². The molecule has 1 aromatic carbocycles. The number of ether oxygens (including phenoxy) is 1. The molecule has 0 fully saturated rings. The van der Waals surface area contributed by atoms with E-state index in [4.69, 9.17) is 4.74 Å². The number of anilines is 1. The average molecular weight is 490 g/mol. The van der Waals surface area contributed by atoms with Crippen molar-refractivity contribution < 1.29 is 19.1 Å². The minimum atomic E-state index is -0.432. The summed E-state index contributed by atoms with van der Waals surface area (Å²) in [6, 6.07) is 5.52. The summed E-state index contributed by atoms with van der Waals surface area (Å²) in [5.41, 5.74) is 4.35. The molecule has 1 aromatic heterocycles. The van der Waals surface area contributed by atoms with E-state index in [1.807, 2.05) is 44.4 Å². The lowest BCUT2D eigenvalue weighted by atomic mass is 10.1. The molecule has 0 spiro atoms. The first-order valence-corrected chi connectivity index (χ1v) is 10.9.